The van der Waals surface area contributed by atoms with Crippen molar-refractivity contribution < 1.29 is 19.1 Å². The van der Waals surface area contributed by atoms with Crippen LogP contribution in [0, 0.1) is 0 Å². The molecule has 0 unspecified atom stereocenters. The van der Waals surface area contributed by atoms with E-state index in [2.05, 4.69) is 5.32 Å². The fourth-order valence-corrected chi connectivity index (χ4v) is 2.72. The second-order valence-electron chi connectivity index (χ2n) is 6.63. The molecule has 0 aliphatic heterocycles. The van der Waals surface area contributed by atoms with Gasteiger partial charge in [-0.25, -0.2) is 4.79 Å². The standard InChI is InChI=1S/C26H23NO4/c1-30-23-15-12-21(13-16-23)18-24(26(29)31-19-22-10-6-3-7-11-22)27-25(28)17-14-20-8-4-2-5-9-20/h2-18H,19H2,1H3,(H,27,28). The molecule has 0 radical (unpaired) electrons. The quantitative estimate of drug-likeness (QED) is 0.433. The highest BCUT2D eigenvalue weighted by Gasteiger charge is 2.14. The molecule has 0 heterocycles. The van der Waals surface area contributed by atoms with Crippen molar-refractivity contribution in [1.82, 2.24) is 5.32 Å². The smallest absolute Gasteiger partial charge is 0.355 e. The van der Waals surface area contributed by atoms with Crippen molar-refractivity contribution in [2.45, 2.75) is 6.61 Å². The van der Waals surface area contributed by atoms with Crippen LogP contribution >= 0.6 is 0 Å². The maximum absolute atomic E-state index is 12.7. The van der Waals surface area contributed by atoms with Gasteiger partial charge in [0.2, 0.25) is 5.91 Å². The number of amides is 1. The van der Waals surface area contributed by atoms with E-state index < -0.39 is 11.9 Å². The van der Waals surface area contributed by atoms with E-state index in [4.69, 9.17) is 9.47 Å². The molecule has 0 atom stereocenters. The summed E-state index contributed by atoms with van der Waals surface area (Å²) in [6.45, 7) is 0.106. The number of hydrogen-bond donors (Lipinski definition) is 1. The molecule has 0 saturated carbocycles. The lowest BCUT2D eigenvalue weighted by Crippen LogP contribution is -2.27. The summed E-state index contributed by atoms with van der Waals surface area (Å²) in [6.07, 6.45) is 4.62. The monoisotopic (exact) mass is 413 g/mol. The molecule has 1 amide bonds. The van der Waals surface area contributed by atoms with E-state index in [9.17, 15) is 9.59 Å². The van der Waals surface area contributed by atoms with Crippen LogP contribution in [-0.4, -0.2) is 19.0 Å². The predicted molar refractivity (Wildman–Crippen MR) is 121 cm³/mol. The summed E-state index contributed by atoms with van der Waals surface area (Å²) in [5.41, 5.74) is 2.50. The highest BCUT2D eigenvalue weighted by Crippen LogP contribution is 2.14. The number of carbonyl (C=O) groups is 2. The van der Waals surface area contributed by atoms with Crippen LogP contribution in [0.4, 0.5) is 0 Å². The maximum Gasteiger partial charge on any atom is 0.355 e. The van der Waals surface area contributed by atoms with Crippen molar-refractivity contribution in [3.63, 3.8) is 0 Å². The van der Waals surface area contributed by atoms with Crippen molar-refractivity contribution >= 4 is 24.0 Å². The van der Waals surface area contributed by atoms with Gasteiger partial charge in [-0.3, -0.25) is 4.79 Å². The molecule has 0 fully saturated rings. The van der Waals surface area contributed by atoms with Crippen LogP contribution in [0.5, 0.6) is 5.75 Å². The Hall–Kier alpha value is -4.12. The summed E-state index contributed by atoms with van der Waals surface area (Å²) in [4.78, 5) is 25.1. The number of rotatable bonds is 8. The molecule has 5 heteroatoms. The van der Waals surface area contributed by atoms with Gasteiger partial charge in [0.25, 0.3) is 0 Å². The highest BCUT2D eigenvalue weighted by molar-refractivity contribution is 6.02. The zero-order valence-electron chi connectivity index (χ0n) is 17.2. The zero-order chi connectivity index (χ0) is 21.9. The lowest BCUT2D eigenvalue weighted by molar-refractivity contribution is -0.141. The average Bonchev–Trinajstić information content (AvgIpc) is 2.82. The van der Waals surface area contributed by atoms with Crippen LogP contribution in [0.25, 0.3) is 12.2 Å². The minimum absolute atomic E-state index is 0.0452. The molecule has 3 aromatic rings. The molecule has 3 rings (SSSR count). The van der Waals surface area contributed by atoms with Crippen molar-refractivity contribution in [3.8, 4) is 5.75 Å². The normalized spacial score (nSPS) is 11.2. The molecule has 0 aromatic heterocycles. The summed E-state index contributed by atoms with van der Waals surface area (Å²) >= 11 is 0. The van der Waals surface area contributed by atoms with Gasteiger partial charge in [-0.05, 0) is 41.0 Å². The van der Waals surface area contributed by atoms with Gasteiger partial charge in [0.05, 0.1) is 7.11 Å². The molecule has 5 nitrogen and oxygen atoms in total. The van der Waals surface area contributed by atoms with Crippen LogP contribution < -0.4 is 10.1 Å². The predicted octanol–water partition coefficient (Wildman–Crippen LogP) is 4.61. The Morgan fingerprint density at radius 3 is 2.13 bits per heavy atom. The third-order valence-electron chi connectivity index (χ3n) is 4.34. The molecule has 1 N–H and O–H groups in total. The van der Waals surface area contributed by atoms with E-state index in [0.29, 0.717) is 5.75 Å². The van der Waals surface area contributed by atoms with Gasteiger partial charge in [0, 0.05) is 6.08 Å². The number of nitrogens with one attached hydrogen (secondary N) is 1. The lowest BCUT2D eigenvalue weighted by Gasteiger charge is -2.10. The fraction of sp³-hybridized carbons (Fsp3) is 0.0769. The Balaban J connectivity index is 1.75. The second kappa shape index (κ2) is 11.2. The Morgan fingerprint density at radius 2 is 1.48 bits per heavy atom. The molecule has 0 bridgehead atoms. The molecule has 31 heavy (non-hydrogen) atoms. The molecular formula is C26H23NO4. The van der Waals surface area contributed by atoms with E-state index >= 15 is 0 Å². The number of ether oxygens (including phenoxy) is 2. The summed E-state index contributed by atoms with van der Waals surface area (Å²) in [7, 11) is 1.58. The molecule has 0 spiro atoms. The van der Waals surface area contributed by atoms with Crippen molar-refractivity contribution in [1.29, 1.82) is 0 Å². The summed E-state index contributed by atoms with van der Waals surface area (Å²) < 4.78 is 10.6. The van der Waals surface area contributed by atoms with Crippen molar-refractivity contribution in [3.05, 3.63) is 113 Å². The van der Waals surface area contributed by atoms with Gasteiger partial charge < -0.3 is 14.8 Å². The van der Waals surface area contributed by atoms with E-state index in [1.165, 1.54) is 6.08 Å². The Bertz CT molecular complexity index is 1060. The summed E-state index contributed by atoms with van der Waals surface area (Å²) in [5, 5.41) is 2.63. The fourth-order valence-electron chi connectivity index (χ4n) is 2.72. The number of carbonyl (C=O) groups excluding carboxylic acids is 2. The van der Waals surface area contributed by atoms with Gasteiger partial charge >= 0.3 is 5.97 Å². The Labute approximate surface area is 181 Å². The van der Waals surface area contributed by atoms with Crippen LogP contribution in [-0.2, 0) is 20.9 Å². The third-order valence-corrected chi connectivity index (χ3v) is 4.34. The number of methoxy groups -OCH3 is 1. The first-order valence-corrected chi connectivity index (χ1v) is 9.75. The topological polar surface area (TPSA) is 64.6 Å². The third kappa shape index (κ3) is 7.01. The maximum atomic E-state index is 12.7. The minimum atomic E-state index is -0.624. The van der Waals surface area contributed by atoms with Crippen molar-refractivity contribution in [2.24, 2.45) is 0 Å². The van der Waals surface area contributed by atoms with Crippen LogP contribution in [0.2, 0.25) is 0 Å². The molecule has 0 saturated heterocycles. The zero-order valence-corrected chi connectivity index (χ0v) is 17.2. The number of esters is 1. The summed E-state index contributed by atoms with van der Waals surface area (Å²) in [5.74, 6) is -0.360. The molecular weight excluding hydrogens is 390 g/mol. The van der Waals surface area contributed by atoms with Gasteiger partial charge in [-0.2, -0.15) is 0 Å². The van der Waals surface area contributed by atoms with Gasteiger partial charge in [-0.1, -0.05) is 72.8 Å². The molecule has 0 aliphatic carbocycles. The summed E-state index contributed by atoms with van der Waals surface area (Å²) in [6, 6.07) is 25.9. The second-order valence-corrected chi connectivity index (χ2v) is 6.63. The van der Waals surface area contributed by atoms with E-state index in [0.717, 1.165) is 16.7 Å². The largest absolute Gasteiger partial charge is 0.497 e. The highest BCUT2D eigenvalue weighted by atomic mass is 16.5. The Kier molecular flexibility index (Phi) is 7.77. The molecule has 0 aliphatic rings. The first kappa shape index (κ1) is 21.6. The van der Waals surface area contributed by atoms with Gasteiger partial charge in [0.1, 0.15) is 18.1 Å². The van der Waals surface area contributed by atoms with Crippen LogP contribution in [0.3, 0.4) is 0 Å². The van der Waals surface area contributed by atoms with Gasteiger partial charge in [0.15, 0.2) is 0 Å². The van der Waals surface area contributed by atoms with Crippen molar-refractivity contribution in [2.75, 3.05) is 7.11 Å². The van der Waals surface area contributed by atoms with Crippen LogP contribution in [0.15, 0.2) is 96.7 Å². The van der Waals surface area contributed by atoms with E-state index in [-0.39, 0.29) is 12.3 Å². The SMILES string of the molecule is COc1ccc(C=C(NC(=O)C=Cc2ccccc2)C(=O)OCc2ccccc2)cc1. The van der Waals surface area contributed by atoms with Gasteiger partial charge in [-0.15, -0.1) is 0 Å². The van der Waals surface area contributed by atoms with E-state index in [1.807, 2.05) is 60.7 Å². The minimum Gasteiger partial charge on any atom is -0.497 e. The molecule has 156 valence electrons. The van der Waals surface area contributed by atoms with E-state index in [1.54, 1.807) is 43.5 Å². The lowest BCUT2D eigenvalue weighted by atomic mass is 10.1. The number of hydrogen-bond acceptors (Lipinski definition) is 4. The molecule has 3 aromatic carbocycles. The average molecular weight is 413 g/mol. The number of benzene rings is 3. The Morgan fingerprint density at radius 1 is 0.839 bits per heavy atom. The first-order chi connectivity index (χ1) is 15.1. The van der Waals surface area contributed by atoms with Crippen LogP contribution in [0.1, 0.15) is 16.7 Å². The first-order valence-electron chi connectivity index (χ1n) is 9.75.